The second-order valence-electron chi connectivity index (χ2n) is 3.44. The predicted octanol–water partition coefficient (Wildman–Crippen LogP) is -1.11. The van der Waals surface area contributed by atoms with Crippen molar-refractivity contribution in [3.05, 3.63) is 0 Å². The maximum atomic E-state index is 9.60. The van der Waals surface area contributed by atoms with Gasteiger partial charge in [0.1, 0.15) is 24.4 Å². The summed E-state index contributed by atoms with van der Waals surface area (Å²) in [5, 5.41) is 27.9. The van der Waals surface area contributed by atoms with E-state index in [2.05, 4.69) is 0 Å². The Labute approximate surface area is 83.3 Å². The Morgan fingerprint density at radius 3 is 2.64 bits per heavy atom. The molecule has 0 spiro atoms. The van der Waals surface area contributed by atoms with Crippen LogP contribution in [-0.2, 0) is 9.47 Å². The first-order valence-electron chi connectivity index (χ1n) is 4.90. The molecule has 14 heavy (non-hydrogen) atoms. The Balaban J connectivity index is 2.42. The minimum atomic E-state index is -1.07. The van der Waals surface area contributed by atoms with Crippen LogP contribution in [0.1, 0.15) is 13.3 Å². The fourth-order valence-corrected chi connectivity index (χ4v) is 1.43. The third-order valence-electron chi connectivity index (χ3n) is 2.30. The van der Waals surface area contributed by atoms with Crippen molar-refractivity contribution in [1.82, 2.24) is 0 Å². The van der Waals surface area contributed by atoms with E-state index in [4.69, 9.17) is 14.6 Å². The van der Waals surface area contributed by atoms with Crippen LogP contribution in [0.5, 0.6) is 0 Å². The number of aliphatic hydroxyl groups excluding tert-OH is 3. The van der Waals surface area contributed by atoms with Gasteiger partial charge in [-0.25, -0.2) is 0 Å². The third-order valence-corrected chi connectivity index (χ3v) is 2.30. The maximum Gasteiger partial charge on any atom is 0.111 e. The van der Waals surface area contributed by atoms with Crippen LogP contribution in [0.4, 0.5) is 0 Å². The normalized spacial score (nSPS) is 38.6. The van der Waals surface area contributed by atoms with Crippen LogP contribution >= 0.6 is 0 Å². The van der Waals surface area contributed by atoms with Crippen LogP contribution < -0.4 is 0 Å². The quantitative estimate of drug-likeness (QED) is 0.544. The van der Waals surface area contributed by atoms with Gasteiger partial charge in [0.05, 0.1) is 13.2 Å². The zero-order valence-electron chi connectivity index (χ0n) is 8.30. The summed E-state index contributed by atoms with van der Waals surface area (Å²) in [7, 11) is 0. The molecule has 4 unspecified atom stereocenters. The van der Waals surface area contributed by atoms with Crippen molar-refractivity contribution in [1.29, 1.82) is 0 Å². The minimum absolute atomic E-state index is 0.212. The Kier molecular flexibility index (Phi) is 4.77. The molecule has 0 aromatic rings. The van der Waals surface area contributed by atoms with Gasteiger partial charge in [-0.3, -0.25) is 0 Å². The summed E-state index contributed by atoms with van der Waals surface area (Å²) in [6.07, 6.45) is -2.40. The van der Waals surface area contributed by atoms with Crippen LogP contribution in [-0.4, -0.2) is 59.6 Å². The molecule has 0 aromatic carbocycles. The SMILES string of the molecule is CCCOC1COC(CO)C(O)C1O. The Morgan fingerprint density at radius 2 is 2.07 bits per heavy atom. The molecule has 5 heteroatoms. The Bertz CT molecular complexity index is 163. The van der Waals surface area contributed by atoms with E-state index in [0.717, 1.165) is 6.42 Å². The van der Waals surface area contributed by atoms with Crippen LogP contribution in [0.2, 0.25) is 0 Å². The Hall–Kier alpha value is -0.200. The van der Waals surface area contributed by atoms with E-state index in [1.54, 1.807) is 0 Å². The summed E-state index contributed by atoms with van der Waals surface area (Å²) >= 11 is 0. The molecule has 1 fully saturated rings. The van der Waals surface area contributed by atoms with Gasteiger partial charge in [-0.1, -0.05) is 6.92 Å². The van der Waals surface area contributed by atoms with Crippen molar-refractivity contribution in [3.63, 3.8) is 0 Å². The predicted molar refractivity (Wildman–Crippen MR) is 48.9 cm³/mol. The van der Waals surface area contributed by atoms with Crippen molar-refractivity contribution in [2.24, 2.45) is 0 Å². The largest absolute Gasteiger partial charge is 0.394 e. The fourth-order valence-electron chi connectivity index (χ4n) is 1.43. The summed E-state index contributed by atoms with van der Waals surface area (Å²) in [5.74, 6) is 0. The molecule has 84 valence electrons. The molecule has 1 heterocycles. The van der Waals surface area contributed by atoms with E-state index >= 15 is 0 Å². The topological polar surface area (TPSA) is 79.2 Å². The summed E-state index contributed by atoms with van der Waals surface area (Å²) < 4.78 is 10.4. The third kappa shape index (κ3) is 2.65. The van der Waals surface area contributed by atoms with Crippen molar-refractivity contribution in [3.8, 4) is 0 Å². The smallest absolute Gasteiger partial charge is 0.111 e. The molecule has 1 rings (SSSR count). The van der Waals surface area contributed by atoms with Gasteiger partial charge in [0.2, 0.25) is 0 Å². The number of ether oxygens (including phenoxy) is 2. The van der Waals surface area contributed by atoms with Gasteiger partial charge >= 0.3 is 0 Å². The summed E-state index contributed by atoms with van der Waals surface area (Å²) in [6, 6.07) is 0. The highest BCUT2D eigenvalue weighted by atomic mass is 16.6. The number of hydrogen-bond acceptors (Lipinski definition) is 5. The molecule has 1 saturated heterocycles. The van der Waals surface area contributed by atoms with Crippen LogP contribution in [0, 0.1) is 0 Å². The van der Waals surface area contributed by atoms with Gasteiger partial charge < -0.3 is 24.8 Å². The maximum absolute atomic E-state index is 9.60. The van der Waals surface area contributed by atoms with E-state index in [9.17, 15) is 10.2 Å². The molecular weight excluding hydrogens is 188 g/mol. The highest BCUT2D eigenvalue weighted by Crippen LogP contribution is 2.17. The van der Waals surface area contributed by atoms with Crippen molar-refractivity contribution in [2.75, 3.05) is 19.8 Å². The van der Waals surface area contributed by atoms with Gasteiger partial charge in [0, 0.05) is 6.61 Å². The molecule has 4 atom stereocenters. The summed E-state index contributed by atoms with van der Waals surface area (Å²) in [6.45, 7) is 2.41. The van der Waals surface area contributed by atoms with E-state index in [-0.39, 0.29) is 13.2 Å². The standard InChI is InChI=1S/C9H18O5/c1-2-3-13-7-5-14-6(4-10)8(11)9(7)12/h6-12H,2-5H2,1H3. The second-order valence-corrected chi connectivity index (χ2v) is 3.44. The molecule has 0 bridgehead atoms. The molecule has 5 nitrogen and oxygen atoms in total. The first-order valence-corrected chi connectivity index (χ1v) is 4.90. The molecule has 0 radical (unpaired) electrons. The van der Waals surface area contributed by atoms with Gasteiger partial charge in [0.25, 0.3) is 0 Å². The lowest BCUT2D eigenvalue weighted by Crippen LogP contribution is -2.55. The van der Waals surface area contributed by atoms with Gasteiger partial charge in [0.15, 0.2) is 0 Å². The molecule has 0 amide bonds. The summed E-state index contributed by atoms with van der Waals surface area (Å²) in [4.78, 5) is 0. The monoisotopic (exact) mass is 206 g/mol. The van der Waals surface area contributed by atoms with Crippen molar-refractivity contribution >= 4 is 0 Å². The van der Waals surface area contributed by atoms with E-state index in [1.165, 1.54) is 0 Å². The molecule has 0 aliphatic carbocycles. The molecule has 1 aliphatic rings. The van der Waals surface area contributed by atoms with Crippen molar-refractivity contribution < 1.29 is 24.8 Å². The lowest BCUT2D eigenvalue weighted by Gasteiger charge is -2.36. The lowest BCUT2D eigenvalue weighted by molar-refractivity contribution is -0.208. The molecular formula is C9H18O5. The van der Waals surface area contributed by atoms with E-state index in [0.29, 0.717) is 6.61 Å². The molecule has 1 aliphatic heterocycles. The van der Waals surface area contributed by atoms with Gasteiger partial charge in [-0.15, -0.1) is 0 Å². The average Bonchev–Trinajstić information content (AvgIpc) is 2.20. The highest BCUT2D eigenvalue weighted by molar-refractivity contribution is 4.87. The summed E-state index contributed by atoms with van der Waals surface area (Å²) in [5.41, 5.74) is 0. The highest BCUT2D eigenvalue weighted by Gasteiger charge is 2.38. The molecule has 0 aromatic heterocycles. The van der Waals surface area contributed by atoms with Gasteiger partial charge in [-0.05, 0) is 6.42 Å². The zero-order chi connectivity index (χ0) is 10.6. The first-order chi connectivity index (χ1) is 6.70. The molecule has 0 saturated carbocycles. The molecule has 3 N–H and O–H groups in total. The Morgan fingerprint density at radius 1 is 1.36 bits per heavy atom. The average molecular weight is 206 g/mol. The minimum Gasteiger partial charge on any atom is -0.394 e. The number of hydrogen-bond donors (Lipinski definition) is 3. The number of rotatable bonds is 4. The van der Waals surface area contributed by atoms with Crippen molar-refractivity contribution in [2.45, 2.75) is 37.8 Å². The van der Waals surface area contributed by atoms with E-state index < -0.39 is 24.4 Å². The lowest BCUT2D eigenvalue weighted by atomic mass is 10.0. The first kappa shape index (κ1) is 11.9. The van der Waals surface area contributed by atoms with Crippen LogP contribution in [0.15, 0.2) is 0 Å². The fraction of sp³-hybridized carbons (Fsp3) is 1.00. The van der Waals surface area contributed by atoms with Crippen LogP contribution in [0.3, 0.4) is 0 Å². The van der Waals surface area contributed by atoms with E-state index in [1.807, 2.05) is 6.92 Å². The zero-order valence-corrected chi connectivity index (χ0v) is 8.30. The number of aliphatic hydroxyl groups is 3. The van der Waals surface area contributed by atoms with Crippen LogP contribution in [0.25, 0.3) is 0 Å². The second kappa shape index (κ2) is 5.63. The van der Waals surface area contributed by atoms with Gasteiger partial charge in [-0.2, -0.15) is 0 Å².